The smallest absolute Gasteiger partial charge is 0.171 e. The lowest BCUT2D eigenvalue weighted by atomic mass is 10.1. The highest BCUT2D eigenvalue weighted by molar-refractivity contribution is 5.08. The molecule has 0 aliphatic rings. The average molecular weight is 455 g/mol. The third-order valence-electron chi connectivity index (χ3n) is 5.47. The van der Waals surface area contributed by atoms with Crippen molar-refractivity contribution in [2.75, 3.05) is 33.0 Å². The number of aryl methyl sites for hydroxylation is 3. The van der Waals surface area contributed by atoms with Crippen LogP contribution in [0.25, 0.3) is 10.4 Å². The van der Waals surface area contributed by atoms with Crippen molar-refractivity contribution in [2.45, 2.75) is 70.8 Å². The minimum absolute atomic E-state index is 0.561. The molecule has 0 saturated carbocycles. The minimum atomic E-state index is 0.561. The predicted octanol–water partition coefficient (Wildman–Crippen LogP) is 5.62. The van der Waals surface area contributed by atoms with E-state index >= 15 is 0 Å². The standard InChI is InChI=1S/C26H40N5O2/c27-30-29-16-3-6-20-33-22-10-14-26-12-8-18-31(24-26)17-4-1-2-5-19-32-21-9-13-25-11-7-15-28-23-25/h7-8,11-12,15,18,23-24H,1-6,9-10,13-14,16-17,19-22H2/q+1. The van der Waals surface area contributed by atoms with Crippen molar-refractivity contribution in [3.05, 3.63) is 70.6 Å². The second-order valence-electron chi connectivity index (χ2n) is 8.32. The van der Waals surface area contributed by atoms with Crippen molar-refractivity contribution >= 4 is 0 Å². The molecule has 33 heavy (non-hydrogen) atoms. The fraction of sp³-hybridized carbons (Fsp3) is 0.615. The van der Waals surface area contributed by atoms with E-state index in [0.29, 0.717) is 6.54 Å². The molecule has 0 saturated heterocycles. The van der Waals surface area contributed by atoms with Gasteiger partial charge in [-0.2, -0.15) is 0 Å². The third-order valence-corrected chi connectivity index (χ3v) is 5.47. The molecule has 0 aromatic carbocycles. The molecule has 180 valence electrons. The molecular weight excluding hydrogens is 414 g/mol. The molecule has 0 amide bonds. The summed E-state index contributed by atoms with van der Waals surface area (Å²) in [6, 6.07) is 8.45. The largest absolute Gasteiger partial charge is 0.381 e. The zero-order chi connectivity index (χ0) is 23.2. The maximum absolute atomic E-state index is 8.23. The Morgan fingerprint density at radius 1 is 0.818 bits per heavy atom. The highest BCUT2D eigenvalue weighted by Gasteiger charge is 2.03. The van der Waals surface area contributed by atoms with Crippen LogP contribution in [0.2, 0.25) is 0 Å². The first-order valence-corrected chi connectivity index (χ1v) is 12.4. The van der Waals surface area contributed by atoms with Gasteiger partial charge in [-0.1, -0.05) is 17.6 Å². The van der Waals surface area contributed by atoms with Gasteiger partial charge in [0.05, 0.1) is 0 Å². The summed E-state index contributed by atoms with van der Waals surface area (Å²) in [5.41, 5.74) is 10.9. The average Bonchev–Trinajstić information content (AvgIpc) is 2.85. The van der Waals surface area contributed by atoms with Crippen molar-refractivity contribution in [1.29, 1.82) is 0 Å². The summed E-state index contributed by atoms with van der Waals surface area (Å²) < 4.78 is 13.7. The maximum Gasteiger partial charge on any atom is 0.171 e. The Labute approximate surface area is 198 Å². The van der Waals surface area contributed by atoms with Crippen LogP contribution in [0, 0.1) is 0 Å². The first kappa shape index (κ1) is 26.8. The summed E-state index contributed by atoms with van der Waals surface area (Å²) in [5.74, 6) is 0. The Bertz CT molecular complexity index is 781. The van der Waals surface area contributed by atoms with Gasteiger partial charge in [0.2, 0.25) is 0 Å². The van der Waals surface area contributed by atoms with Gasteiger partial charge in [-0.15, -0.1) is 0 Å². The molecule has 2 heterocycles. The van der Waals surface area contributed by atoms with Crippen LogP contribution in [-0.4, -0.2) is 38.0 Å². The Kier molecular flexibility index (Phi) is 15.5. The lowest BCUT2D eigenvalue weighted by Crippen LogP contribution is -2.33. The van der Waals surface area contributed by atoms with E-state index in [9.17, 15) is 0 Å². The molecule has 7 nitrogen and oxygen atoms in total. The molecule has 0 radical (unpaired) electrons. The SMILES string of the molecule is [N-]=[N+]=NCCCCOCCCc1ccc[n+](CCCCCCOCCCc2cccnc2)c1. The number of rotatable bonds is 20. The van der Waals surface area contributed by atoms with E-state index in [0.717, 1.165) is 77.9 Å². The van der Waals surface area contributed by atoms with E-state index in [1.807, 2.05) is 18.5 Å². The Morgan fingerprint density at radius 2 is 1.52 bits per heavy atom. The van der Waals surface area contributed by atoms with Gasteiger partial charge in [-0.3, -0.25) is 4.98 Å². The zero-order valence-electron chi connectivity index (χ0n) is 20.0. The lowest BCUT2D eigenvalue weighted by Gasteiger charge is -2.05. The molecule has 0 bridgehead atoms. The van der Waals surface area contributed by atoms with E-state index in [1.54, 1.807) is 0 Å². The first-order chi connectivity index (χ1) is 16.4. The van der Waals surface area contributed by atoms with Crippen molar-refractivity contribution in [3.8, 4) is 0 Å². The van der Waals surface area contributed by atoms with Crippen LogP contribution in [-0.2, 0) is 28.9 Å². The van der Waals surface area contributed by atoms with Crippen LogP contribution >= 0.6 is 0 Å². The fourth-order valence-corrected chi connectivity index (χ4v) is 3.65. The topological polar surface area (TPSA) is 84.0 Å². The summed E-state index contributed by atoms with van der Waals surface area (Å²) in [7, 11) is 0. The molecule has 0 N–H and O–H groups in total. The van der Waals surface area contributed by atoms with Gasteiger partial charge in [-0.05, 0) is 74.6 Å². The van der Waals surface area contributed by atoms with Gasteiger partial charge in [0.15, 0.2) is 12.4 Å². The van der Waals surface area contributed by atoms with Crippen LogP contribution in [0.4, 0.5) is 0 Å². The molecule has 0 spiro atoms. The highest BCUT2D eigenvalue weighted by Crippen LogP contribution is 2.04. The van der Waals surface area contributed by atoms with Gasteiger partial charge in [0.25, 0.3) is 0 Å². The molecule has 2 aromatic heterocycles. The van der Waals surface area contributed by atoms with E-state index in [2.05, 4.69) is 50.2 Å². The number of ether oxygens (including phenoxy) is 2. The van der Waals surface area contributed by atoms with Crippen LogP contribution in [0.5, 0.6) is 0 Å². The molecule has 2 aromatic rings. The Hall–Kier alpha value is -2.47. The van der Waals surface area contributed by atoms with Crippen molar-refractivity contribution < 1.29 is 14.0 Å². The van der Waals surface area contributed by atoms with Crippen LogP contribution in [0.3, 0.4) is 0 Å². The number of aromatic nitrogens is 2. The maximum atomic E-state index is 8.23. The van der Waals surface area contributed by atoms with Gasteiger partial charge >= 0.3 is 0 Å². The number of nitrogens with zero attached hydrogens (tertiary/aromatic N) is 5. The number of azide groups is 1. The number of pyridine rings is 2. The molecule has 0 fully saturated rings. The second kappa shape index (κ2) is 19.0. The summed E-state index contributed by atoms with van der Waals surface area (Å²) in [5, 5.41) is 3.53. The van der Waals surface area contributed by atoms with Crippen molar-refractivity contribution in [2.24, 2.45) is 5.11 Å². The number of hydrogen-bond acceptors (Lipinski definition) is 4. The van der Waals surface area contributed by atoms with Gasteiger partial charge in [0.1, 0.15) is 6.54 Å². The van der Waals surface area contributed by atoms with Crippen LogP contribution in [0.1, 0.15) is 62.5 Å². The van der Waals surface area contributed by atoms with Crippen LogP contribution in [0.15, 0.2) is 54.2 Å². The molecule has 7 heteroatoms. The molecule has 0 atom stereocenters. The third kappa shape index (κ3) is 14.3. The normalized spacial score (nSPS) is 10.8. The molecule has 2 rings (SSSR count). The predicted molar refractivity (Wildman–Crippen MR) is 131 cm³/mol. The van der Waals surface area contributed by atoms with Gasteiger partial charge in [0, 0.05) is 68.3 Å². The van der Waals surface area contributed by atoms with Crippen molar-refractivity contribution in [1.82, 2.24) is 4.98 Å². The molecular formula is C26H40N5O2+. The Balaban J connectivity index is 1.41. The molecule has 0 aliphatic carbocycles. The summed E-state index contributed by atoms with van der Waals surface area (Å²) in [6.07, 6.45) is 19.0. The highest BCUT2D eigenvalue weighted by atomic mass is 16.5. The number of hydrogen-bond donors (Lipinski definition) is 0. The summed E-state index contributed by atoms with van der Waals surface area (Å²) in [6.45, 7) is 4.85. The summed E-state index contributed by atoms with van der Waals surface area (Å²) >= 11 is 0. The van der Waals surface area contributed by atoms with Crippen LogP contribution < -0.4 is 4.57 Å². The second-order valence-corrected chi connectivity index (χ2v) is 8.32. The summed E-state index contributed by atoms with van der Waals surface area (Å²) in [4.78, 5) is 6.89. The first-order valence-electron chi connectivity index (χ1n) is 12.4. The van der Waals surface area contributed by atoms with E-state index < -0.39 is 0 Å². The van der Waals surface area contributed by atoms with E-state index in [-0.39, 0.29) is 0 Å². The fourth-order valence-electron chi connectivity index (χ4n) is 3.65. The monoisotopic (exact) mass is 454 g/mol. The number of unbranched alkanes of at least 4 members (excludes halogenated alkanes) is 4. The lowest BCUT2D eigenvalue weighted by molar-refractivity contribution is -0.697. The van der Waals surface area contributed by atoms with E-state index in [1.165, 1.54) is 30.4 Å². The van der Waals surface area contributed by atoms with Gasteiger partial charge < -0.3 is 9.47 Å². The van der Waals surface area contributed by atoms with Crippen molar-refractivity contribution in [3.63, 3.8) is 0 Å². The van der Waals surface area contributed by atoms with Gasteiger partial charge in [-0.25, -0.2) is 4.57 Å². The quantitative estimate of drug-likeness (QED) is 0.0856. The van der Waals surface area contributed by atoms with E-state index in [4.69, 9.17) is 15.0 Å². The zero-order valence-corrected chi connectivity index (χ0v) is 20.0. The minimum Gasteiger partial charge on any atom is -0.381 e. The molecule has 0 aliphatic heterocycles. The Morgan fingerprint density at radius 3 is 2.27 bits per heavy atom. The molecule has 0 unspecified atom stereocenters.